The first-order chi connectivity index (χ1) is 17.5. The summed E-state index contributed by atoms with van der Waals surface area (Å²) in [5.41, 5.74) is 7.55. The molecular weight excluding hydrogens is 452 g/mol. The molecule has 6 heteroatoms. The molecule has 1 aromatic heterocycles. The third-order valence-electron chi connectivity index (χ3n) is 6.58. The van der Waals surface area contributed by atoms with E-state index in [4.69, 9.17) is 9.47 Å². The Balaban J connectivity index is 1.22. The van der Waals surface area contributed by atoms with Gasteiger partial charge in [-0.15, -0.1) is 0 Å². The predicted molar refractivity (Wildman–Crippen MR) is 140 cm³/mol. The second-order valence-corrected chi connectivity index (χ2v) is 9.35. The number of aromatic amines is 1. The Morgan fingerprint density at radius 1 is 0.917 bits per heavy atom. The van der Waals surface area contributed by atoms with Gasteiger partial charge in [-0.3, -0.25) is 4.79 Å². The van der Waals surface area contributed by atoms with Crippen molar-refractivity contribution in [1.29, 1.82) is 0 Å². The summed E-state index contributed by atoms with van der Waals surface area (Å²) in [5, 5.41) is 3.92. The summed E-state index contributed by atoms with van der Waals surface area (Å²) >= 11 is 0. The zero-order valence-electron chi connectivity index (χ0n) is 20.5. The minimum Gasteiger partial charge on any atom is -0.463 e. The van der Waals surface area contributed by atoms with Crippen LogP contribution in [0.3, 0.4) is 0 Å². The Bertz CT molecular complexity index is 1360. The third kappa shape index (κ3) is 4.85. The number of hydrogen-bond donors (Lipinski definition) is 2. The van der Waals surface area contributed by atoms with Gasteiger partial charge in [0.15, 0.2) is 0 Å². The predicted octanol–water partition coefficient (Wildman–Crippen LogP) is 5.74. The van der Waals surface area contributed by atoms with Crippen molar-refractivity contribution >= 4 is 23.0 Å². The average Bonchev–Trinajstić information content (AvgIpc) is 3.37. The van der Waals surface area contributed by atoms with Crippen molar-refractivity contribution in [3.63, 3.8) is 0 Å². The number of alkyl carbamates (subject to hydrolysis) is 1. The molecule has 5 rings (SSSR count). The Morgan fingerprint density at radius 2 is 1.56 bits per heavy atom. The highest BCUT2D eigenvalue weighted by molar-refractivity contribution is 5.86. The molecule has 0 aliphatic heterocycles. The molecule has 1 heterocycles. The first-order valence-corrected chi connectivity index (χ1v) is 12.4. The second kappa shape index (κ2) is 10.3. The lowest BCUT2D eigenvalue weighted by Gasteiger charge is -2.14. The average molecular weight is 483 g/mol. The summed E-state index contributed by atoms with van der Waals surface area (Å²) in [7, 11) is 0. The Hall–Kier alpha value is -4.06. The summed E-state index contributed by atoms with van der Waals surface area (Å²) in [6.07, 6.45) is 0.115. The van der Waals surface area contributed by atoms with E-state index in [1.165, 1.54) is 22.3 Å². The number of benzene rings is 3. The fourth-order valence-electron chi connectivity index (χ4n) is 5.08. The van der Waals surface area contributed by atoms with Crippen molar-refractivity contribution in [2.45, 2.75) is 38.7 Å². The first-order valence-electron chi connectivity index (χ1n) is 12.4. The molecule has 0 fully saturated rings. The molecule has 0 saturated heterocycles. The summed E-state index contributed by atoms with van der Waals surface area (Å²) < 4.78 is 11.0. The van der Waals surface area contributed by atoms with Crippen LogP contribution in [0.25, 0.3) is 22.0 Å². The molecule has 184 valence electrons. The van der Waals surface area contributed by atoms with Crippen LogP contribution in [0.1, 0.15) is 42.1 Å². The van der Waals surface area contributed by atoms with Crippen LogP contribution in [0.15, 0.2) is 72.8 Å². The fraction of sp³-hybridized carbons (Fsp3) is 0.267. The van der Waals surface area contributed by atoms with Gasteiger partial charge in [0.1, 0.15) is 6.61 Å². The molecule has 1 amide bonds. The Labute approximate surface area is 210 Å². The molecule has 0 spiro atoms. The van der Waals surface area contributed by atoms with Crippen molar-refractivity contribution < 1.29 is 19.1 Å². The Morgan fingerprint density at radius 3 is 2.25 bits per heavy atom. The standard InChI is InChI=1S/C30H30N2O4/c1-19(2)36-29(33)17-28-25(24-13-7-8-14-27(24)32-28)15-16-31-30(34)35-18-26-22-11-5-3-9-20(22)21-10-4-6-12-23(21)26/h3-14,19,26,32H,15-18H2,1-2H3,(H,31,34). The van der Waals surface area contributed by atoms with Gasteiger partial charge >= 0.3 is 12.1 Å². The van der Waals surface area contributed by atoms with E-state index in [1.807, 2.05) is 62.4 Å². The maximum atomic E-state index is 12.6. The molecule has 6 nitrogen and oxygen atoms in total. The first kappa shape index (κ1) is 23.7. The van der Waals surface area contributed by atoms with Gasteiger partial charge in [-0.05, 0) is 54.2 Å². The topological polar surface area (TPSA) is 80.4 Å². The van der Waals surface area contributed by atoms with Crippen molar-refractivity contribution in [3.05, 3.63) is 95.2 Å². The number of carbonyl (C=O) groups is 2. The number of ether oxygens (including phenoxy) is 2. The number of esters is 1. The maximum absolute atomic E-state index is 12.6. The molecule has 3 aromatic carbocycles. The lowest BCUT2D eigenvalue weighted by Crippen LogP contribution is -2.28. The maximum Gasteiger partial charge on any atom is 0.407 e. The van der Waals surface area contributed by atoms with Crippen molar-refractivity contribution in [1.82, 2.24) is 10.3 Å². The van der Waals surface area contributed by atoms with E-state index >= 15 is 0 Å². The lowest BCUT2D eigenvalue weighted by molar-refractivity contribution is -0.146. The zero-order valence-corrected chi connectivity index (χ0v) is 20.5. The summed E-state index contributed by atoms with van der Waals surface area (Å²) in [6.45, 7) is 4.34. The van der Waals surface area contributed by atoms with Crippen LogP contribution in [0, 0.1) is 0 Å². The van der Waals surface area contributed by atoms with Crippen molar-refractivity contribution in [2.75, 3.05) is 13.2 Å². The number of carbonyl (C=O) groups excluding carboxylic acids is 2. The molecule has 2 N–H and O–H groups in total. The lowest BCUT2D eigenvalue weighted by atomic mass is 9.98. The van der Waals surface area contributed by atoms with E-state index in [2.05, 4.69) is 34.6 Å². The number of rotatable bonds is 8. The van der Waals surface area contributed by atoms with Crippen LogP contribution >= 0.6 is 0 Å². The highest BCUT2D eigenvalue weighted by Crippen LogP contribution is 2.44. The van der Waals surface area contributed by atoms with Crippen LogP contribution in [0.4, 0.5) is 4.79 Å². The minimum atomic E-state index is -0.447. The van der Waals surface area contributed by atoms with E-state index in [9.17, 15) is 9.59 Å². The highest BCUT2D eigenvalue weighted by Gasteiger charge is 2.29. The molecular formula is C30H30N2O4. The summed E-state index contributed by atoms with van der Waals surface area (Å²) in [6, 6.07) is 24.5. The quantitative estimate of drug-likeness (QED) is 0.314. The van der Waals surface area contributed by atoms with Crippen LogP contribution in [0.2, 0.25) is 0 Å². The summed E-state index contributed by atoms with van der Waals surface area (Å²) in [4.78, 5) is 28.2. The number of para-hydroxylation sites is 1. The largest absolute Gasteiger partial charge is 0.463 e. The van der Waals surface area contributed by atoms with Gasteiger partial charge in [-0.25, -0.2) is 4.79 Å². The Kier molecular flexibility index (Phi) is 6.76. The number of nitrogens with one attached hydrogen (secondary N) is 2. The van der Waals surface area contributed by atoms with Gasteiger partial charge in [-0.1, -0.05) is 66.7 Å². The highest BCUT2D eigenvalue weighted by atomic mass is 16.5. The summed E-state index contributed by atoms with van der Waals surface area (Å²) in [5.74, 6) is -0.252. The van der Waals surface area contributed by atoms with E-state index in [-0.39, 0.29) is 31.0 Å². The van der Waals surface area contributed by atoms with Crippen LogP contribution in [-0.4, -0.2) is 36.3 Å². The van der Waals surface area contributed by atoms with Gasteiger partial charge in [0.25, 0.3) is 0 Å². The van der Waals surface area contributed by atoms with E-state index in [0.717, 1.165) is 22.2 Å². The number of hydrogen-bond acceptors (Lipinski definition) is 4. The minimum absolute atomic E-state index is 0.0235. The molecule has 1 aliphatic rings. The van der Waals surface area contributed by atoms with Gasteiger partial charge in [0, 0.05) is 29.1 Å². The third-order valence-corrected chi connectivity index (χ3v) is 6.58. The van der Waals surface area contributed by atoms with E-state index in [0.29, 0.717) is 13.0 Å². The van der Waals surface area contributed by atoms with Crippen molar-refractivity contribution in [2.24, 2.45) is 0 Å². The second-order valence-electron chi connectivity index (χ2n) is 9.35. The molecule has 0 radical (unpaired) electrons. The molecule has 0 unspecified atom stereocenters. The molecule has 0 saturated carbocycles. The zero-order chi connectivity index (χ0) is 25.1. The van der Waals surface area contributed by atoms with Crippen LogP contribution in [-0.2, 0) is 27.1 Å². The van der Waals surface area contributed by atoms with E-state index in [1.54, 1.807) is 0 Å². The monoisotopic (exact) mass is 482 g/mol. The number of amides is 1. The fourth-order valence-corrected chi connectivity index (χ4v) is 5.08. The van der Waals surface area contributed by atoms with Gasteiger partial charge in [0.05, 0.1) is 12.5 Å². The molecule has 1 aliphatic carbocycles. The normalized spacial score (nSPS) is 12.4. The smallest absolute Gasteiger partial charge is 0.407 e. The molecule has 4 aromatic rings. The molecule has 0 bridgehead atoms. The SMILES string of the molecule is CC(C)OC(=O)Cc1[nH]c2ccccc2c1CCNC(=O)OCC1c2ccccc2-c2ccccc21. The number of H-pyrrole nitrogens is 1. The molecule has 0 atom stereocenters. The number of fused-ring (bicyclic) bond motifs is 4. The van der Waals surface area contributed by atoms with Crippen molar-refractivity contribution in [3.8, 4) is 11.1 Å². The van der Waals surface area contributed by atoms with Crippen LogP contribution < -0.4 is 5.32 Å². The van der Waals surface area contributed by atoms with Gasteiger partial charge in [-0.2, -0.15) is 0 Å². The van der Waals surface area contributed by atoms with Gasteiger partial charge in [0.2, 0.25) is 0 Å². The van der Waals surface area contributed by atoms with E-state index < -0.39 is 6.09 Å². The molecule has 36 heavy (non-hydrogen) atoms. The van der Waals surface area contributed by atoms with Crippen LogP contribution in [0.5, 0.6) is 0 Å². The van der Waals surface area contributed by atoms with Gasteiger partial charge < -0.3 is 19.8 Å². The number of aromatic nitrogens is 1.